The third-order valence-corrected chi connectivity index (χ3v) is 2.52. The fraction of sp³-hybridized carbons (Fsp3) is 0.636. The number of quaternary nitrogens is 1. The van der Waals surface area contributed by atoms with Crippen LogP contribution in [-0.2, 0) is 19.2 Å². The fourth-order valence-electron chi connectivity index (χ4n) is 1.33. The van der Waals surface area contributed by atoms with Gasteiger partial charge in [-0.1, -0.05) is 6.92 Å². The van der Waals surface area contributed by atoms with Gasteiger partial charge in [0.2, 0.25) is 11.8 Å². The molecule has 0 saturated heterocycles. The largest absolute Gasteiger partial charge is 0.548 e. The van der Waals surface area contributed by atoms with Crippen LogP contribution < -0.4 is 26.6 Å². The van der Waals surface area contributed by atoms with Crippen molar-refractivity contribution in [3.05, 3.63) is 0 Å². The van der Waals surface area contributed by atoms with Crippen molar-refractivity contribution < 1.29 is 35.1 Å². The Labute approximate surface area is 115 Å². The van der Waals surface area contributed by atoms with Crippen molar-refractivity contribution in [2.24, 2.45) is 0 Å². The molecular weight excluding hydrogens is 270 g/mol. The molecule has 0 fully saturated rings. The molecule has 5 N–H and O–H groups in total. The minimum atomic E-state index is -1.44. The van der Waals surface area contributed by atoms with Crippen LogP contribution >= 0.6 is 0 Å². The van der Waals surface area contributed by atoms with Crippen molar-refractivity contribution in [3.8, 4) is 0 Å². The van der Waals surface area contributed by atoms with Crippen molar-refractivity contribution >= 4 is 23.8 Å². The molecular formula is C11H18N3O6-. The molecule has 0 aromatic rings. The summed E-state index contributed by atoms with van der Waals surface area (Å²) in [5.41, 5.74) is 3.30. The Hall–Kier alpha value is -2.16. The molecule has 0 spiro atoms. The van der Waals surface area contributed by atoms with E-state index in [1.807, 2.05) is 0 Å². The standard InChI is InChI=1S/C11H19N3O6/c1-2-7(10(18)13-5-9(16)17)14-8(15)4-3-6(12)11(19)20/h6-7H,2-5,12H2,1H3,(H,13,18)(H,14,15)(H,16,17)(H,19,20)/p-1/t6-,7-/m0/s1. The van der Waals surface area contributed by atoms with E-state index in [0.29, 0.717) is 0 Å². The van der Waals surface area contributed by atoms with Crippen LogP contribution in [-0.4, -0.2) is 42.4 Å². The first-order valence-corrected chi connectivity index (χ1v) is 6.08. The second kappa shape index (κ2) is 8.86. The van der Waals surface area contributed by atoms with E-state index in [9.17, 15) is 29.4 Å². The Morgan fingerprint density at radius 2 is 1.80 bits per heavy atom. The average Bonchev–Trinajstić information content (AvgIpc) is 2.38. The fourth-order valence-corrected chi connectivity index (χ4v) is 1.33. The number of hydrogen-bond acceptors (Lipinski definition) is 6. The SMILES string of the molecule is CC[C@H](NC(=O)CC[C@H]([NH3+])C(=O)[O-])C(=O)NCC(=O)[O-]. The second-order valence-corrected chi connectivity index (χ2v) is 4.17. The zero-order valence-electron chi connectivity index (χ0n) is 11.1. The predicted octanol–water partition coefficient (Wildman–Crippen LogP) is -5.11. The first-order valence-electron chi connectivity index (χ1n) is 6.08. The number of hydrogen-bond donors (Lipinski definition) is 3. The molecule has 114 valence electrons. The highest BCUT2D eigenvalue weighted by Crippen LogP contribution is 1.96. The minimum absolute atomic E-state index is 0.00866. The van der Waals surface area contributed by atoms with E-state index < -0.39 is 42.4 Å². The van der Waals surface area contributed by atoms with Crippen molar-refractivity contribution in [3.63, 3.8) is 0 Å². The van der Waals surface area contributed by atoms with Gasteiger partial charge in [0.05, 0.1) is 18.5 Å². The van der Waals surface area contributed by atoms with E-state index in [4.69, 9.17) is 0 Å². The molecule has 2 amide bonds. The van der Waals surface area contributed by atoms with E-state index in [2.05, 4.69) is 16.4 Å². The Morgan fingerprint density at radius 1 is 1.20 bits per heavy atom. The Kier molecular flexibility index (Phi) is 7.90. The summed E-state index contributed by atoms with van der Waals surface area (Å²) in [6.07, 6.45) is 0.136. The lowest BCUT2D eigenvalue weighted by molar-refractivity contribution is -0.438. The molecule has 0 aliphatic heterocycles. The zero-order chi connectivity index (χ0) is 15.7. The van der Waals surface area contributed by atoms with E-state index in [1.54, 1.807) is 6.92 Å². The first-order chi connectivity index (χ1) is 9.27. The van der Waals surface area contributed by atoms with Crippen molar-refractivity contribution in [1.29, 1.82) is 0 Å². The van der Waals surface area contributed by atoms with E-state index in [1.165, 1.54) is 0 Å². The summed E-state index contributed by atoms with van der Waals surface area (Å²) >= 11 is 0. The van der Waals surface area contributed by atoms with Gasteiger partial charge in [-0.05, 0) is 6.42 Å². The molecule has 0 rings (SSSR count). The molecule has 0 aliphatic rings. The van der Waals surface area contributed by atoms with Gasteiger partial charge in [-0.2, -0.15) is 0 Å². The highest BCUT2D eigenvalue weighted by molar-refractivity contribution is 5.89. The maximum Gasteiger partial charge on any atom is 0.242 e. The molecule has 9 heteroatoms. The smallest absolute Gasteiger partial charge is 0.242 e. The number of nitrogens with one attached hydrogen (secondary N) is 2. The summed E-state index contributed by atoms with van der Waals surface area (Å²) in [7, 11) is 0. The molecule has 0 saturated carbocycles. The second-order valence-electron chi connectivity index (χ2n) is 4.17. The molecule has 20 heavy (non-hydrogen) atoms. The van der Waals surface area contributed by atoms with Crippen LogP contribution in [0.1, 0.15) is 26.2 Å². The topological polar surface area (TPSA) is 166 Å². The summed E-state index contributed by atoms with van der Waals surface area (Å²) < 4.78 is 0. The van der Waals surface area contributed by atoms with Crippen LogP contribution in [0, 0.1) is 0 Å². The Morgan fingerprint density at radius 3 is 2.25 bits per heavy atom. The van der Waals surface area contributed by atoms with Crippen LogP contribution in [0.25, 0.3) is 0 Å². The molecule has 0 aliphatic carbocycles. The Balaban J connectivity index is 4.21. The van der Waals surface area contributed by atoms with Gasteiger partial charge in [-0.15, -0.1) is 0 Å². The molecule has 9 nitrogen and oxygen atoms in total. The number of aliphatic carboxylic acids is 2. The van der Waals surface area contributed by atoms with Crippen molar-refractivity contribution in [1.82, 2.24) is 10.6 Å². The maximum absolute atomic E-state index is 11.5. The van der Waals surface area contributed by atoms with Gasteiger partial charge in [-0.3, -0.25) is 9.59 Å². The minimum Gasteiger partial charge on any atom is -0.548 e. The van der Waals surface area contributed by atoms with Gasteiger partial charge in [0, 0.05) is 12.8 Å². The van der Waals surface area contributed by atoms with Crippen LogP contribution in [0.5, 0.6) is 0 Å². The lowest BCUT2D eigenvalue weighted by atomic mass is 10.1. The van der Waals surface area contributed by atoms with Gasteiger partial charge in [0.15, 0.2) is 0 Å². The molecule has 0 heterocycles. The molecule has 0 bridgehead atoms. The van der Waals surface area contributed by atoms with Crippen molar-refractivity contribution in [2.45, 2.75) is 38.3 Å². The van der Waals surface area contributed by atoms with Gasteiger partial charge in [0.25, 0.3) is 0 Å². The van der Waals surface area contributed by atoms with E-state index in [-0.39, 0.29) is 19.3 Å². The van der Waals surface area contributed by atoms with Gasteiger partial charge in [0.1, 0.15) is 12.1 Å². The molecule has 0 unspecified atom stereocenters. The number of carboxylic acids is 2. The van der Waals surface area contributed by atoms with E-state index in [0.717, 1.165) is 0 Å². The van der Waals surface area contributed by atoms with Crippen LogP contribution in [0.15, 0.2) is 0 Å². The average molecular weight is 288 g/mol. The summed E-state index contributed by atoms with van der Waals surface area (Å²) in [5.74, 6) is -3.95. The summed E-state index contributed by atoms with van der Waals surface area (Å²) in [6, 6.07) is -1.89. The number of carboxylic acid groups (broad SMARTS) is 2. The molecule has 0 aromatic carbocycles. The predicted molar refractivity (Wildman–Crippen MR) is 61.2 cm³/mol. The number of carbonyl (C=O) groups excluding carboxylic acids is 4. The van der Waals surface area contributed by atoms with Crippen LogP contribution in [0.4, 0.5) is 0 Å². The monoisotopic (exact) mass is 288 g/mol. The number of carbonyl (C=O) groups is 4. The molecule has 0 radical (unpaired) electrons. The molecule has 0 aromatic heterocycles. The van der Waals surface area contributed by atoms with Gasteiger partial charge < -0.3 is 36.2 Å². The highest BCUT2D eigenvalue weighted by Gasteiger charge is 2.19. The highest BCUT2D eigenvalue weighted by atomic mass is 16.4. The summed E-state index contributed by atoms with van der Waals surface area (Å²) in [5, 5.41) is 25.1. The van der Waals surface area contributed by atoms with Gasteiger partial charge >= 0.3 is 0 Å². The summed E-state index contributed by atoms with van der Waals surface area (Å²) in [6.45, 7) is 0.992. The lowest BCUT2D eigenvalue weighted by Crippen LogP contribution is -2.68. The quantitative estimate of drug-likeness (QED) is 0.383. The maximum atomic E-state index is 11.5. The number of rotatable bonds is 9. The Bertz CT molecular complexity index is 384. The van der Waals surface area contributed by atoms with Gasteiger partial charge in [-0.25, -0.2) is 0 Å². The summed E-state index contributed by atoms with van der Waals surface area (Å²) in [4.78, 5) is 43.7. The lowest BCUT2D eigenvalue weighted by Gasteiger charge is -2.17. The van der Waals surface area contributed by atoms with Crippen molar-refractivity contribution in [2.75, 3.05) is 6.54 Å². The van der Waals surface area contributed by atoms with Crippen LogP contribution in [0.3, 0.4) is 0 Å². The third-order valence-electron chi connectivity index (χ3n) is 2.52. The van der Waals surface area contributed by atoms with E-state index >= 15 is 0 Å². The third kappa shape index (κ3) is 7.31. The zero-order valence-corrected chi connectivity index (χ0v) is 11.1. The van der Waals surface area contributed by atoms with Crippen LogP contribution in [0.2, 0.25) is 0 Å². The number of amides is 2. The first kappa shape index (κ1) is 17.8. The molecule has 2 atom stereocenters. The normalized spacial score (nSPS) is 13.1.